The summed E-state index contributed by atoms with van der Waals surface area (Å²) in [6.07, 6.45) is 1.12. The van der Waals surface area contributed by atoms with Gasteiger partial charge in [0.2, 0.25) is 9.84 Å². The van der Waals surface area contributed by atoms with E-state index in [1.807, 2.05) is 36.9 Å². The zero-order valence-corrected chi connectivity index (χ0v) is 19.4. The smallest absolute Gasteiger partial charge is 0.409 e. The molecule has 4 rings (SSSR count). The van der Waals surface area contributed by atoms with Gasteiger partial charge in [0.1, 0.15) is 4.90 Å². The lowest BCUT2D eigenvalue weighted by Gasteiger charge is -2.36. The van der Waals surface area contributed by atoms with E-state index >= 15 is 0 Å². The number of piperazine rings is 1. The summed E-state index contributed by atoms with van der Waals surface area (Å²) in [5.74, 6) is 0. The van der Waals surface area contributed by atoms with Crippen molar-refractivity contribution in [2.45, 2.75) is 30.6 Å². The minimum atomic E-state index is -3.79. The fraction of sp³-hybridized carbons (Fsp3) is 0.333. The number of nitrogens with zero attached hydrogens (tertiary/aromatic N) is 3. The number of carbonyl (C=O) groups excluding carboxylic acids is 1. The number of aryl methyl sites for hydroxylation is 2. The Balaban J connectivity index is 1.81. The molecule has 2 heterocycles. The Labute approximate surface area is 188 Å². The third-order valence-corrected chi connectivity index (χ3v) is 7.47. The van der Waals surface area contributed by atoms with Crippen LogP contribution < -0.4 is 4.90 Å². The summed E-state index contributed by atoms with van der Waals surface area (Å²) in [4.78, 5) is 20.7. The van der Waals surface area contributed by atoms with Crippen molar-refractivity contribution in [3.05, 3.63) is 59.8 Å². The molecule has 1 amide bonds. The monoisotopic (exact) mass is 453 g/mol. The van der Waals surface area contributed by atoms with Gasteiger partial charge in [-0.1, -0.05) is 29.3 Å². The Morgan fingerprint density at radius 3 is 2.31 bits per heavy atom. The highest BCUT2D eigenvalue weighted by Crippen LogP contribution is 2.36. The predicted molar refractivity (Wildman–Crippen MR) is 124 cm³/mol. The van der Waals surface area contributed by atoms with Gasteiger partial charge in [0.15, 0.2) is 0 Å². The van der Waals surface area contributed by atoms with Crippen LogP contribution in [0.2, 0.25) is 0 Å². The summed E-state index contributed by atoms with van der Waals surface area (Å²) in [5, 5.41) is 0.794. The maximum Gasteiger partial charge on any atom is 0.409 e. The number of ether oxygens (including phenoxy) is 1. The van der Waals surface area contributed by atoms with Crippen LogP contribution in [0.15, 0.2) is 58.5 Å². The number of fused-ring (bicyclic) bond motifs is 1. The number of hydrogen-bond acceptors (Lipinski definition) is 6. The first-order valence-corrected chi connectivity index (χ1v) is 12.2. The summed E-state index contributed by atoms with van der Waals surface area (Å²) in [6, 6.07) is 12.7. The SMILES string of the molecule is CCOC(=O)N1CCN(c2c(S(=O)(=O)c3ccc(C)cc3)cnc3ccc(C)cc23)CC1. The largest absolute Gasteiger partial charge is 0.450 e. The molecule has 2 aromatic carbocycles. The number of carbonyl (C=O) groups is 1. The molecule has 32 heavy (non-hydrogen) atoms. The average molecular weight is 454 g/mol. The van der Waals surface area contributed by atoms with Crippen LogP contribution in [0, 0.1) is 13.8 Å². The van der Waals surface area contributed by atoms with E-state index < -0.39 is 9.84 Å². The molecule has 1 aliphatic rings. The molecule has 0 radical (unpaired) electrons. The van der Waals surface area contributed by atoms with E-state index in [9.17, 15) is 13.2 Å². The van der Waals surface area contributed by atoms with Crippen molar-refractivity contribution in [2.24, 2.45) is 0 Å². The molecule has 8 heteroatoms. The summed E-state index contributed by atoms with van der Waals surface area (Å²) >= 11 is 0. The predicted octanol–water partition coefficient (Wildman–Crippen LogP) is 3.96. The number of anilines is 1. The van der Waals surface area contributed by atoms with Crippen LogP contribution in [-0.4, -0.2) is 57.2 Å². The zero-order chi connectivity index (χ0) is 22.9. The average Bonchev–Trinajstić information content (AvgIpc) is 2.79. The Bertz CT molecular complexity index is 1250. The Morgan fingerprint density at radius 1 is 1.00 bits per heavy atom. The summed E-state index contributed by atoms with van der Waals surface area (Å²) in [6.45, 7) is 7.92. The summed E-state index contributed by atoms with van der Waals surface area (Å²) in [5.41, 5.74) is 3.39. The van der Waals surface area contributed by atoms with E-state index in [2.05, 4.69) is 4.98 Å². The second kappa shape index (κ2) is 8.78. The van der Waals surface area contributed by atoms with E-state index in [0.717, 1.165) is 22.0 Å². The first-order valence-electron chi connectivity index (χ1n) is 10.7. The van der Waals surface area contributed by atoms with Crippen molar-refractivity contribution >= 4 is 32.5 Å². The van der Waals surface area contributed by atoms with E-state index in [0.29, 0.717) is 38.5 Å². The molecule has 0 saturated carbocycles. The van der Waals surface area contributed by atoms with Gasteiger partial charge < -0.3 is 14.5 Å². The van der Waals surface area contributed by atoms with Gasteiger partial charge in [0, 0.05) is 37.8 Å². The van der Waals surface area contributed by atoms with E-state index in [1.54, 1.807) is 36.1 Å². The van der Waals surface area contributed by atoms with Gasteiger partial charge in [-0.15, -0.1) is 0 Å². The van der Waals surface area contributed by atoms with Crippen molar-refractivity contribution in [1.82, 2.24) is 9.88 Å². The fourth-order valence-electron chi connectivity index (χ4n) is 3.97. The minimum Gasteiger partial charge on any atom is -0.450 e. The highest BCUT2D eigenvalue weighted by atomic mass is 32.2. The van der Waals surface area contributed by atoms with Crippen molar-refractivity contribution < 1.29 is 17.9 Å². The standard InChI is InChI=1S/C24H27N3O4S/c1-4-31-24(28)27-13-11-26(12-14-27)23-20-15-18(3)7-10-21(20)25-16-22(23)32(29,30)19-8-5-17(2)6-9-19/h5-10,15-16H,4,11-14H2,1-3H3. The lowest BCUT2D eigenvalue weighted by atomic mass is 10.1. The van der Waals surface area contributed by atoms with Gasteiger partial charge in [-0.2, -0.15) is 0 Å². The highest BCUT2D eigenvalue weighted by molar-refractivity contribution is 7.91. The van der Waals surface area contributed by atoms with Crippen molar-refractivity contribution in [1.29, 1.82) is 0 Å². The number of benzene rings is 2. The maximum atomic E-state index is 13.6. The van der Waals surface area contributed by atoms with Gasteiger partial charge in [0.05, 0.1) is 22.7 Å². The topological polar surface area (TPSA) is 79.8 Å². The van der Waals surface area contributed by atoms with Crippen molar-refractivity contribution in [2.75, 3.05) is 37.7 Å². The molecule has 0 atom stereocenters. The van der Waals surface area contributed by atoms with Crippen molar-refractivity contribution in [3.8, 4) is 0 Å². The Morgan fingerprint density at radius 2 is 1.66 bits per heavy atom. The van der Waals surface area contributed by atoms with Gasteiger partial charge >= 0.3 is 6.09 Å². The Kier molecular flexibility index (Phi) is 6.06. The molecule has 0 N–H and O–H groups in total. The number of sulfone groups is 1. The molecule has 1 fully saturated rings. The third-order valence-electron chi connectivity index (χ3n) is 5.70. The van der Waals surface area contributed by atoms with Crippen LogP contribution in [0.25, 0.3) is 10.9 Å². The molecule has 3 aromatic rings. The van der Waals surface area contributed by atoms with Crippen LogP contribution >= 0.6 is 0 Å². The summed E-state index contributed by atoms with van der Waals surface area (Å²) in [7, 11) is -3.79. The third kappa shape index (κ3) is 4.14. The number of amides is 1. The first kappa shape index (κ1) is 22.1. The zero-order valence-electron chi connectivity index (χ0n) is 18.5. The minimum absolute atomic E-state index is 0.184. The van der Waals surface area contributed by atoms with E-state index in [-0.39, 0.29) is 15.9 Å². The Hall–Kier alpha value is -3.13. The van der Waals surface area contributed by atoms with Crippen LogP contribution in [0.4, 0.5) is 10.5 Å². The van der Waals surface area contributed by atoms with Gasteiger partial charge in [-0.05, 0) is 45.0 Å². The summed E-state index contributed by atoms with van der Waals surface area (Å²) < 4.78 is 32.4. The highest BCUT2D eigenvalue weighted by Gasteiger charge is 2.30. The molecule has 1 saturated heterocycles. The van der Waals surface area contributed by atoms with Gasteiger partial charge in [-0.3, -0.25) is 4.98 Å². The van der Waals surface area contributed by atoms with E-state index in [4.69, 9.17) is 4.74 Å². The maximum absolute atomic E-state index is 13.6. The molecule has 0 spiro atoms. The fourth-order valence-corrected chi connectivity index (χ4v) is 5.40. The first-order chi connectivity index (χ1) is 15.3. The molecule has 168 valence electrons. The molecule has 0 aliphatic carbocycles. The number of rotatable bonds is 4. The van der Waals surface area contributed by atoms with Crippen LogP contribution in [0.5, 0.6) is 0 Å². The number of hydrogen-bond donors (Lipinski definition) is 0. The normalized spacial score (nSPS) is 14.6. The van der Waals surface area contributed by atoms with Gasteiger partial charge in [-0.25, -0.2) is 13.2 Å². The van der Waals surface area contributed by atoms with E-state index in [1.165, 1.54) is 6.20 Å². The lowest BCUT2D eigenvalue weighted by Crippen LogP contribution is -2.49. The van der Waals surface area contributed by atoms with Gasteiger partial charge in [0.25, 0.3) is 0 Å². The molecule has 0 bridgehead atoms. The second-order valence-corrected chi connectivity index (χ2v) is 9.90. The molecular weight excluding hydrogens is 426 g/mol. The van der Waals surface area contributed by atoms with Crippen LogP contribution in [-0.2, 0) is 14.6 Å². The van der Waals surface area contributed by atoms with Crippen LogP contribution in [0.1, 0.15) is 18.1 Å². The molecule has 7 nitrogen and oxygen atoms in total. The number of pyridine rings is 1. The molecular formula is C24H27N3O4S. The molecule has 0 unspecified atom stereocenters. The second-order valence-electron chi connectivity index (χ2n) is 7.98. The molecule has 1 aliphatic heterocycles. The van der Waals surface area contributed by atoms with Crippen LogP contribution in [0.3, 0.4) is 0 Å². The quantitative estimate of drug-likeness (QED) is 0.595. The lowest BCUT2D eigenvalue weighted by molar-refractivity contribution is 0.105. The number of aromatic nitrogens is 1. The molecule has 1 aromatic heterocycles. The van der Waals surface area contributed by atoms with Crippen molar-refractivity contribution in [3.63, 3.8) is 0 Å².